The van der Waals surface area contributed by atoms with Crippen molar-refractivity contribution in [3.05, 3.63) is 69.9 Å². The van der Waals surface area contributed by atoms with E-state index in [1.807, 2.05) is 7.05 Å². The molecular weight excluding hydrogens is 302 g/mol. The molecule has 0 radical (unpaired) electrons. The van der Waals surface area contributed by atoms with Crippen LogP contribution in [0.4, 0.5) is 5.69 Å². The summed E-state index contributed by atoms with van der Waals surface area (Å²) in [5, 5.41) is 7.51. The van der Waals surface area contributed by atoms with Crippen LogP contribution in [0, 0.1) is 13.8 Å². The largest absolute Gasteiger partial charge is 0.489 e. The van der Waals surface area contributed by atoms with E-state index in [0.29, 0.717) is 6.61 Å². The summed E-state index contributed by atoms with van der Waals surface area (Å²) in [5.41, 5.74) is 7.23. The Balaban J connectivity index is 1.79. The normalized spacial score (nSPS) is 10.6. The Morgan fingerprint density at radius 1 is 1.00 bits per heavy atom. The molecule has 0 aliphatic heterocycles. The summed E-state index contributed by atoms with van der Waals surface area (Å²) in [7, 11) is 1.94. The second-order valence-corrected chi connectivity index (χ2v) is 6.41. The highest BCUT2D eigenvalue weighted by atomic mass is 32.1. The molecule has 0 bridgehead atoms. The molecule has 1 heterocycles. The summed E-state index contributed by atoms with van der Waals surface area (Å²) in [6.07, 6.45) is 0. The van der Waals surface area contributed by atoms with E-state index >= 15 is 0 Å². The lowest BCUT2D eigenvalue weighted by Crippen LogP contribution is -2.03. The monoisotopic (exact) mass is 323 g/mol. The van der Waals surface area contributed by atoms with Gasteiger partial charge in [0.1, 0.15) is 12.4 Å². The first kappa shape index (κ1) is 15.6. The van der Waals surface area contributed by atoms with Crippen molar-refractivity contribution >= 4 is 17.0 Å². The van der Waals surface area contributed by atoms with Crippen LogP contribution < -0.4 is 10.1 Å². The van der Waals surface area contributed by atoms with Crippen LogP contribution in [0.1, 0.15) is 16.7 Å². The average molecular weight is 323 g/mol. The van der Waals surface area contributed by atoms with Crippen molar-refractivity contribution in [1.82, 2.24) is 0 Å². The molecule has 0 saturated carbocycles. The Kier molecular flexibility index (Phi) is 4.68. The molecule has 0 fully saturated rings. The Hall–Kier alpha value is -2.26. The molecule has 0 spiro atoms. The van der Waals surface area contributed by atoms with E-state index in [2.05, 4.69) is 72.4 Å². The molecule has 2 aromatic carbocycles. The SMILES string of the molecule is CNc1cccc(C)c1COc1ccc(-c2ccsc2)cc1C. The van der Waals surface area contributed by atoms with Gasteiger partial charge >= 0.3 is 0 Å². The molecule has 0 saturated heterocycles. The Morgan fingerprint density at radius 2 is 1.87 bits per heavy atom. The molecule has 0 amide bonds. The summed E-state index contributed by atoms with van der Waals surface area (Å²) in [6.45, 7) is 4.79. The first-order chi connectivity index (χ1) is 11.2. The van der Waals surface area contributed by atoms with Crippen LogP contribution in [0.5, 0.6) is 5.75 Å². The molecule has 1 N–H and O–H groups in total. The number of aryl methyl sites for hydroxylation is 2. The second-order valence-electron chi connectivity index (χ2n) is 5.63. The summed E-state index contributed by atoms with van der Waals surface area (Å²) < 4.78 is 6.08. The van der Waals surface area contributed by atoms with Gasteiger partial charge in [0.2, 0.25) is 0 Å². The Bertz CT molecular complexity index is 793. The van der Waals surface area contributed by atoms with E-state index in [1.165, 1.54) is 22.3 Å². The third kappa shape index (κ3) is 3.40. The standard InChI is InChI=1S/C20H21NOS/c1-14-5-4-6-19(21-3)18(14)12-22-20-8-7-16(11-15(20)2)17-9-10-23-13-17/h4-11,13,21H,12H2,1-3H3. The van der Waals surface area contributed by atoms with E-state index in [1.54, 1.807) is 11.3 Å². The number of thiophene rings is 1. The third-order valence-electron chi connectivity index (χ3n) is 4.08. The lowest BCUT2D eigenvalue weighted by molar-refractivity contribution is 0.304. The van der Waals surface area contributed by atoms with Gasteiger partial charge < -0.3 is 10.1 Å². The van der Waals surface area contributed by atoms with Crippen molar-refractivity contribution in [3.63, 3.8) is 0 Å². The minimum Gasteiger partial charge on any atom is -0.489 e. The molecule has 23 heavy (non-hydrogen) atoms. The van der Waals surface area contributed by atoms with Crippen LogP contribution in [0.15, 0.2) is 53.2 Å². The Morgan fingerprint density at radius 3 is 2.57 bits per heavy atom. The fourth-order valence-corrected chi connectivity index (χ4v) is 3.36. The predicted octanol–water partition coefficient (Wildman–Crippen LogP) is 5.65. The number of hydrogen-bond acceptors (Lipinski definition) is 3. The molecular formula is C20H21NOS. The summed E-state index contributed by atoms with van der Waals surface area (Å²) >= 11 is 1.72. The van der Waals surface area contributed by atoms with Gasteiger partial charge in [0.05, 0.1) is 0 Å². The maximum atomic E-state index is 6.08. The molecule has 118 valence electrons. The molecule has 2 nitrogen and oxygen atoms in total. The van der Waals surface area contributed by atoms with E-state index < -0.39 is 0 Å². The number of anilines is 1. The molecule has 3 aromatic rings. The van der Waals surface area contributed by atoms with Crippen molar-refractivity contribution in [3.8, 4) is 16.9 Å². The van der Waals surface area contributed by atoms with Crippen molar-refractivity contribution in [1.29, 1.82) is 0 Å². The predicted molar refractivity (Wildman–Crippen MR) is 99.5 cm³/mol. The quantitative estimate of drug-likeness (QED) is 0.655. The minimum atomic E-state index is 0.571. The number of nitrogens with one attached hydrogen (secondary N) is 1. The Labute approximate surface area is 141 Å². The van der Waals surface area contributed by atoms with Crippen LogP contribution in [-0.2, 0) is 6.61 Å². The van der Waals surface area contributed by atoms with Gasteiger partial charge in [0, 0.05) is 18.3 Å². The fraction of sp³-hybridized carbons (Fsp3) is 0.200. The zero-order chi connectivity index (χ0) is 16.2. The highest BCUT2D eigenvalue weighted by Gasteiger charge is 2.08. The topological polar surface area (TPSA) is 21.3 Å². The molecule has 0 atom stereocenters. The van der Waals surface area contributed by atoms with Gasteiger partial charge in [-0.3, -0.25) is 0 Å². The second kappa shape index (κ2) is 6.88. The van der Waals surface area contributed by atoms with Gasteiger partial charge in [-0.25, -0.2) is 0 Å². The van der Waals surface area contributed by atoms with Crippen LogP contribution in [0.3, 0.4) is 0 Å². The minimum absolute atomic E-state index is 0.571. The van der Waals surface area contributed by atoms with Crippen LogP contribution in [0.2, 0.25) is 0 Å². The molecule has 1 aromatic heterocycles. The van der Waals surface area contributed by atoms with Crippen molar-refractivity contribution in [2.75, 3.05) is 12.4 Å². The smallest absolute Gasteiger partial charge is 0.122 e. The fourth-order valence-electron chi connectivity index (χ4n) is 2.70. The highest BCUT2D eigenvalue weighted by molar-refractivity contribution is 7.08. The molecule has 3 heteroatoms. The van der Waals surface area contributed by atoms with Gasteiger partial charge in [0.25, 0.3) is 0 Å². The highest BCUT2D eigenvalue weighted by Crippen LogP contribution is 2.29. The number of rotatable bonds is 5. The van der Waals surface area contributed by atoms with Gasteiger partial charge in [0.15, 0.2) is 0 Å². The van der Waals surface area contributed by atoms with Gasteiger partial charge in [-0.05, 0) is 71.1 Å². The molecule has 0 unspecified atom stereocenters. The van der Waals surface area contributed by atoms with Gasteiger partial charge in [-0.2, -0.15) is 11.3 Å². The average Bonchev–Trinajstić information content (AvgIpc) is 3.09. The van der Waals surface area contributed by atoms with Gasteiger partial charge in [-0.1, -0.05) is 18.2 Å². The summed E-state index contributed by atoms with van der Waals surface area (Å²) in [5.74, 6) is 0.939. The first-order valence-electron chi connectivity index (χ1n) is 7.71. The molecule has 0 aliphatic carbocycles. The molecule has 0 aliphatic rings. The summed E-state index contributed by atoms with van der Waals surface area (Å²) in [6, 6.07) is 14.8. The van der Waals surface area contributed by atoms with Crippen molar-refractivity contribution in [2.24, 2.45) is 0 Å². The zero-order valence-corrected chi connectivity index (χ0v) is 14.5. The van der Waals surface area contributed by atoms with E-state index in [4.69, 9.17) is 4.74 Å². The van der Waals surface area contributed by atoms with Gasteiger partial charge in [-0.15, -0.1) is 0 Å². The first-order valence-corrected chi connectivity index (χ1v) is 8.65. The van der Waals surface area contributed by atoms with E-state index in [9.17, 15) is 0 Å². The van der Waals surface area contributed by atoms with Crippen LogP contribution in [0.25, 0.3) is 11.1 Å². The van der Waals surface area contributed by atoms with E-state index in [-0.39, 0.29) is 0 Å². The number of ether oxygens (including phenoxy) is 1. The lowest BCUT2D eigenvalue weighted by Gasteiger charge is -2.15. The van der Waals surface area contributed by atoms with E-state index in [0.717, 1.165) is 17.0 Å². The summed E-state index contributed by atoms with van der Waals surface area (Å²) in [4.78, 5) is 0. The van der Waals surface area contributed by atoms with Crippen LogP contribution >= 0.6 is 11.3 Å². The zero-order valence-electron chi connectivity index (χ0n) is 13.7. The number of hydrogen-bond donors (Lipinski definition) is 1. The number of benzene rings is 2. The lowest BCUT2D eigenvalue weighted by atomic mass is 10.1. The maximum Gasteiger partial charge on any atom is 0.122 e. The van der Waals surface area contributed by atoms with Crippen molar-refractivity contribution in [2.45, 2.75) is 20.5 Å². The van der Waals surface area contributed by atoms with Crippen LogP contribution in [-0.4, -0.2) is 7.05 Å². The van der Waals surface area contributed by atoms with Crippen molar-refractivity contribution < 1.29 is 4.74 Å². The molecule has 3 rings (SSSR count). The maximum absolute atomic E-state index is 6.08. The third-order valence-corrected chi connectivity index (χ3v) is 4.76.